The van der Waals surface area contributed by atoms with Crippen LogP contribution in [0.5, 0.6) is 0 Å². The number of hydrogen-bond donors (Lipinski definition) is 3. The highest BCUT2D eigenvalue weighted by molar-refractivity contribution is 6.05. The molecule has 154 valence electrons. The molecule has 1 aromatic carbocycles. The molecule has 3 amide bonds. The maximum atomic E-state index is 13.0. The minimum absolute atomic E-state index is 0.141. The largest absolute Gasteiger partial charge is 0.370 e. The maximum absolute atomic E-state index is 13.0. The molecule has 1 fully saturated rings. The van der Waals surface area contributed by atoms with Crippen LogP contribution in [0.2, 0.25) is 0 Å². The predicted molar refractivity (Wildman–Crippen MR) is 109 cm³/mol. The summed E-state index contributed by atoms with van der Waals surface area (Å²) in [7, 11) is 0. The van der Waals surface area contributed by atoms with Gasteiger partial charge >= 0.3 is 0 Å². The molecule has 3 aliphatic heterocycles. The van der Waals surface area contributed by atoms with E-state index in [1.807, 2.05) is 24.3 Å². The van der Waals surface area contributed by atoms with Crippen LogP contribution < -0.4 is 16.0 Å². The Morgan fingerprint density at radius 1 is 1.13 bits per heavy atom. The van der Waals surface area contributed by atoms with Gasteiger partial charge in [-0.3, -0.25) is 19.7 Å². The highest BCUT2D eigenvalue weighted by Crippen LogP contribution is 2.31. The van der Waals surface area contributed by atoms with Gasteiger partial charge in [-0.05, 0) is 36.1 Å². The number of carbonyl (C=O) groups excluding carboxylic acids is 3. The Kier molecular flexibility index (Phi) is 4.71. The fraction of sp³-hybridized carbons (Fsp3) is 0.364. The van der Waals surface area contributed by atoms with Crippen LogP contribution in [0.3, 0.4) is 0 Å². The first kappa shape index (κ1) is 18.7. The third kappa shape index (κ3) is 3.23. The third-order valence-electron chi connectivity index (χ3n) is 6.16. The Morgan fingerprint density at radius 3 is 2.90 bits per heavy atom. The van der Waals surface area contributed by atoms with Crippen molar-refractivity contribution in [3.63, 3.8) is 0 Å². The Morgan fingerprint density at radius 2 is 2.03 bits per heavy atom. The number of fused-ring (bicyclic) bond motifs is 2. The summed E-state index contributed by atoms with van der Waals surface area (Å²) in [6.07, 6.45) is 3.37. The number of imide groups is 1. The molecule has 2 aromatic rings. The molecule has 4 heterocycles. The second kappa shape index (κ2) is 7.53. The van der Waals surface area contributed by atoms with Crippen molar-refractivity contribution >= 4 is 23.5 Å². The lowest BCUT2D eigenvalue weighted by atomic mass is 9.99. The van der Waals surface area contributed by atoms with Gasteiger partial charge in [-0.1, -0.05) is 18.2 Å². The second-order valence-corrected chi connectivity index (χ2v) is 7.93. The van der Waals surface area contributed by atoms with Crippen molar-refractivity contribution in [3.05, 3.63) is 58.8 Å². The average molecular weight is 405 g/mol. The van der Waals surface area contributed by atoms with E-state index in [0.717, 1.165) is 35.5 Å². The fourth-order valence-corrected chi connectivity index (χ4v) is 4.60. The van der Waals surface area contributed by atoms with Crippen LogP contribution in [-0.2, 0) is 22.7 Å². The Balaban J connectivity index is 1.34. The quantitative estimate of drug-likeness (QED) is 0.666. The van der Waals surface area contributed by atoms with Gasteiger partial charge in [0.2, 0.25) is 11.8 Å². The summed E-state index contributed by atoms with van der Waals surface area (Å²) in [6, 6.07) is 9.35. The molecule has 3 N–H and O–H groups in total. The second-order valence-electron chi connectivity index (χ2n) is 7.93. The molecule has 1 saturated heterocycles. The number of aromatic nitrogens is 1. The van der Waals surface area contributed by atoms with Crippen molar-refractivity contribution in [2.45, 2.75) is 44.4 Å². The van der Waals surface area contributed by atoms with E-state index in [1.54, 1.807) is 11.1 Å². The molecule has 5 rings (SSSR count). The van der Waals surface area contributed by atoms with Crippen molar-refractivity contribution in [1.29, 1.82) is 0 Å². The van der Waals surface area contributed by atoms with Crippen LogP contribution in [0, 0.1) is 0 Å². The minimum Gasteiger partial charge on any atom is -0.370 e. The number of rotatable bonds is 4. The summed E-state index contributed by atoms with van der Waals surface area (Å²) in [4.78, 5) is 42.7. The van der Waals surface area contributed by atoms with Crippen molar-refractivity contribution in [1.82, 2.24) is 20.5 Å². The highest BCUT2D eigenvalue weighted by Gasteiger charge is 2.39. The summed E-state index contributed by atoms with van der Waals surface area (Å²) >= 11 is 0. The molecule has 3 aliphatic rings. The van der Waals surface area contributed by atoms with E-state index in [1.165, 1.54) is 0 Å². The summed E-state index contributed by atoms with van der Waals surface area (Å²) in [5.41, 5.74) is 3.81. The molecule has 8 nitrogen and oxygen atoms in total. The molecule has 30 heavy (non-hydrogen) atoms. The van der Waals surface area contributed by atoms with Gasteiger partial charge in [0, 0.05) is 49.4 Å². The minimum atomic E-state index is -0.592. The molecule has 2 atom stereocenters. The lowest BCUT2D eigenvalue weighted by Gasteiger charge is -2.29. The number of nitrogens with one attached hydrogen (secondary N) is 3. The smallest absolute Gasteiger partial charge is 0.255 e. The molecule has 0 radical (unpaired) electrons. The van der Waals surface area contributed by atoms with E-state index in [2.05, 4.69) is 27.0 Å². The number of benzene rings is 1. The summed E-state index contributed by atoms with van der Waals surface area (Å²) in [5.74, 6) is 0.115. The van der Waals surface area contributed by atoms with E-state index in [-0.39, 0.29) is 30.2 Å². The number of hydrogen-bond acceptors (Lipinski definition) is 6. The molecular formula is C22H23N5O3. The normalized spacial score (nSPS) is 22.9. The average Bonchev–Trinajstić information content (AvgIpc) is 3.09. The zero-order chi connectivity index (χ0) is 20.7. The third-order valence-corrected chi connectivity index (χ3v) is 6.16. The number of anilines is 1. The van der Waals surface area contributed by atoms with E-state index >= 15 is 0 Å². The number of pyridine rings is 1. The topological polar surface area (TPSA) is 103 Å². The summed E-state index contributed by atoms with van der Waals surface area (Å²) < 4.78 is 0. The first-order valence-electron chi connectivity index (χ1n) is 10.3. The number of carbonyl (C=O) groups is 3. The molecular weight excluding hydrogens is 382 g/mol. The van der Waals surface area contributed by atoms with Gasteiger partial charge in [0.05, 0.1) is 0 Å². The zero-order valence-corrected chi connectivity index (χ0v) is 16.5. The van der Waals surface area contributed by atoms with Crippen molar-refractivity contribution in [2.75, 3.05) is 11.9 Å². The monoisotopic (exact) mass is 405 g/mol. The van der Waals surface area contributed by atoms with E-state index in [0.29, 0.717) is 25.1 Å². The van der Waals surface area contributed by atoms with Crippen LogP contribution in [0.15, 0.2) is 36.5 Å². The van der Waals surface area contributed by atoms with Gasteiger partial charge in [-0.25, -0.2) is 4.98 Å². The van der Waals surface area contributed by atoms with Crippen LogP contribution in [0.25, 0.3) is 0 Å². The summed E-state index contributed by atoms with van der Waals surface area (Å²) in [5, 5.41) is 9.29. The fourth-order valence-electron chi connectivity index (χ4n) is 4.60. The molecule has 0 saturated carbocycles. The van der Waals surface area contributed by atoms with Gasteiger partial charge < -0.3 is 15.5 Å². The Bertz CT molecular complexity index is 1040. The number of nitrogens with zero attached hydrogens (tertiary/aromatic N) is 2. The Hall–Kier alpha value is -3.26. The van der Waals surface area contributed by atoms with Gasteiger partial charge in [-0.15, -0.1) is 0 Å². The van der Waals surface area contributed by atoms with Crippen molar-refractivity contribution in [2.24, 2.45) is 0 Å². The van der Waals surface area contributed by atoms with Crippen LogP contribution in [0.1, 0.15) is 52.4 Å². The van der Waals surface area contributed by atoms with Crippen molar-refractivity contribution < 1.29 is 14.4 Å². The molecule has 2 unspecified atom stereocenters. The van der Waals surface area contributed by atoms with Gasteiger partial charge in [0.25, 0.3) is 5.91 Å². The van der Waals surface area contributed by atoms with E-state index in [9.17, 15) is 14.4 Å². The van der Waals surface area contributed by atoms with Crippen molar-refractivity contribution in [3.8, 4) is 0 Å². The first-order chi connectivity index (χ1) is 14.6. The molecule has 8 heteroatoms. The summed E-state index contributed by atoms with van der Waals surface area (Å²) in [6.45, 7) is 1.87. The van der Waals surface area contributed by atoms with Crippen LogP contribution >= 0.6 is 0 Å². The first-order valence-corrected chi connectivity index (χ1v) is 10.3. The van der Waals surface area contributed by atoms with Gasteiger partial charge in [0.15, 0.2) is 0 Å². The lowest BCUT2D eigenvalue weighted by molar-refractivity contribution is -0.136. The number of amides is 3. The standard InChI is InChI=1S/C22H23N5O3/c28-19-7-6-18(21(29)26-19)27-12-16-13(3-1-4-14(16)22(27)30)11-25-17-8-10-24-20-15(17)5-2-9-23-20/h1-5,9,17-18,25H,6-8,10-12H2,(H,23,24)(H,26,28,29). The maximum Gasteiger partial charge on any atom is 0.255 e. The van der Waals surface area contributed by atoms with Crippen LogP contribution in [0.4, 0.5) is 5.82 Å². The van der Waals surface area contributed by atoms with E-state index in [4.69, 9.17) is 0 Å². The zero-order valence-electron chi connectivity index (χ0n) is 16.5. The van der Waals surface area contributed by atoms with E-state index < -0.39 is 6.04 Å². The number of piperidine rings is 1. The van der Waals surface area contributed by atoms with Gasteiger partial charge in [-0.2, -0.15) is 0 Å². The molecule has 0 aliphatic carbocycles. The molecule has 0 spiro atoms. The highest BCUT2D eigenvalue weighted by atomic mass is 16.2. The molecule has 0 bridgehead atoms. The molecule has 1 aromatic heterocycles. The predicted octanol–water partition coefficient (Wildman–Crippen LogP) is 1.49. The SMILES string of the molecule is O=C1CCC(N2Cc3c(CNC4CCNc5ncccc54)cccc3C2=O)C(=O)N1. The van der Waals surface area contributed by atoms with Gasteiger partial charge in [0.1, 0.15) is 11.9 Å². The lowest BCUT2D eigenvalue weighted by Crippen LogP contribution is -2.52. The van der Waals surface area contributed by atoms with Crippen LogP contribution in [-0.4, -0.2) is 40.2 Å². The Labute approximate surface area is 174 Å².